The molecule has 146 valence electrons. The number of sulfonamides is 1. The first kappa shape index (κ1) is 21.3. The van der Waals surface area contributed by atoms with E-state index < -0.39 is 21.5 Å². The summed E-state index contributed by atoms with van der Waals surface area (Å²) in [5.74, 6) is -0.471. The molecule has 0 fully saturated rings. The molecule has 2 rings (SSSR count). The number of alkyl halides is 3. The van der Waals surface area contributed by atoms with Crippen LogP contribution in [0.5, 0.6) is 0 Å². The number of hydrogen-bond donors (Lipinski definition) is 1. The van der Waals surface area contributed by atoms with Gasteiger partial charge in [0, 0.05) is 11.4 Å². The van der Waals surface area contributed by atoms with Crippen molar-refractivity contribution in [2.45, 2.75) is 28.8 Å². The van der Waals surface area contributed by atoms with Crippen LogP contribution in [0.4, 0.5) is 13.2 Å². The fraction of sp³-hybridized carbons (Fsp3) is 0.235. The first-order chi connectivity index (χ1) is 12.6. The average Bonchev–Trinajstić information content (AvgIpc) is 2.60. The summed E-state index contributed by atoms with van der Waals surface area (Å²) in [5.41, 5.74) is -3.48. The Balaban J connectivity index is 2.01. The highest BCUT2D eigenvalue weighted by Crippen LogP contribution is 2.36. The molecule has 0 radical (unpaired) electrons. The van der Waals surface area contributed by atoms with E-state index in [1.165, 1.54) is 12.1 Å². The molecular formula is C17H16F3NO4S2. The maximum atomic E-state index is 12.3. The predicted octanol–water partition coefficient (Wildman–Crippen LogP) is 3.95. The fourth-order valence-corrected chi connectivity index (χ4v) is 3.61. The summed E-state index contributed by atoms with van der Waals surface area (Å²) in [6.45, 7) is 1.90. The molecule has 1 N–H and O–H groups in total. The highest BCUT2D eigenvalue weighted by molar-refractivity contribution is 8.00. The van der Waals surface area contributed by atoms with Crippen molar-refractivity contribution in [2.24, 2.45) is 0 Å². The van der Waals surface area contributed by atoms with Gasteiger partial charge in [0.2, 0.25) is 10.0 Å². The van der Waals surface area contributed by atoms with Gasteiger partial charge in [0.25, 0.3) is 0 Å². The number of ether oxygens (including phenoxy) is 1. The third kappa shape index (κ3) is 6.56. The van der Waals surface area contributed by atoms with E-state index in [0.29, 0.717) is 11.1 Å². The number of halogens is 3. The molecule has 0 atom stereocenters. The van der Waals surface area contributed by atoms with Crippen molar-refractivity contribution >= 4 is 27.8 Å². The Morgan fingerprint density at radius 3 is 2.19 bits per heavy atom. The zero-order chi connectivity index (χ0) is 20.1. The van der Waals surface area contributed by atoms with Crippen molar-refractivity contribution in [3.63, 3.8) is 0 Å². The highest BCUT2D eigenvalue weighted by Gasteiger charge is 2.29. The van der Waals surface area contributed by atoms with E-state index in [-0.39, 0.29) is 34.7 Å². The van der Waals surface area contributed by atoms with E-state index >= 15 is 0 Å². The summed E-state index contributed by atoms with van der Waals surface area (Å²) < 4.78 is 68.6. The Kier molecular flexibility index (Phi) is 6.90. The van der Waals surface area contributed by atoms with Crippen LogP contribution >= 0.6 is 11.8 Å². The van der Waals surface area contributed by atoms with Crippen molar-refractivity contribution in [3.05, 3.63) is 59.7 Å². The van der Waals surface area contributed by atoms with Crippen molar-refractivity contribution < 1.29 is 31.1 Å². The van der Waals surface area contributed by atoms with Crippen LogP contribution in [-0.4, -0.2) is 26.5 Å². The van der Waals surface area contributed by atoms with E-state index in [0.717, 1.165) is 24.3 Å². The second-order valence-corrected chi connectivity index (χ2v) is 8.17. The molecule has 10 heteroatoms. The van der Waals surface area contributed by atoms with E-state index in [9.17, 15) is 26.4 Å². The van der Waals surface area contributed by atoms with Crippen LogP contribution in [0, 0.1) is 0 Å². The SMILES string of the molecule is CCOC(=O)c1ccc(CNS(=O)(=O)c2ccc(SC(F)(F)F)cc2)cc1. The zero-order valence-electron chi connectivity index (χ0n) is 14.1. The Morgan fingerprint density at radius 1 is 1.07 bits per heavy atom. The average molecular weight is 419 g/mol. The number of thioether (sulfide) groups is 1. The van der Waals surface area contributed by atoms with Gasteiger partial charge in [-0.1, -0.05) is 12.1 Å². The van der Waals surface area contributed by atoms with Gasteiger partial charge in [0.05, 0.1) is 17.1 Å². The third-order valence-electron chi connectivity index (χ3n) is 3.30. The Bertz CT molecular complexity index is 880. The summed E-state index contributed by atoms with van der Waals surface area (Å²) in [5, 5.41) is 0. The minimum absolute atomic E-state index is 0.0372. The number of hydrogen-bond acceptors (Lipinski definition) is 5. The molecule has 0 aromatic heterocycles. The van der Waals surface area contributed by atoms with Gasteiger partial charge in [-0.2, -0.15) is 13.2 Å². The normalized spacial score (nSPS) is 12.0. The maximum Gasteiger partial charge on any atom is 0.446 e. The summed E-state index contributed by atoms with van der Waals surface area (Å²) >= 11 is -0.316. The number of nitrogens with one attached hydrogen (secondary N) is 1. The maximum absolute atomic E-state index is 12.3. The molecule has 0 aliphatic rings. The van der Waals surface area contributed by atoms with Gasteiger partial charge in [-0.15, -0.1) is 0 Å². The fourth-order valence-electron chi connectivity index (χ4n) is 2.06. The molecular weight excluding hydrogens is 403 g/mol. The van der Waals surface area contributed by atoms with Crippen molar-refractivity contribution in [1.82, 2.24) is 4.72 Å². The second kappa shape index (κ2) is 8.77. The lowest BCUT2D eigenvalue weighted by Gasteiger charge is -2.09. The molecule has 0 amide bonds. The lowest BCUT2D eigenvalue weighted by molar-refractivity contribution is -0.0328. The topological polar surface area (TPSA) is 72.5 Å². The van der Waals surface area contributed by atoms with Crippen LogP contribution in [-0.2, 0) is 21.3 Å². The number of carbonyl (C=O) groups is 1. The minimum Gasteiger partial charge on any atom is -0.462 e. The van der Waals surface area contributed by atoms with Gasteiger partial charge in [-0.05, 0) is 60.6 Å². The first-order valence-electron chi connectivity index (χ1n) is 7.72. The molecule has 5 nitrogen and oxygen atoms in total. The lowest BCUT2D eigenvalue weighted by Crippen LogP contribution is -2.23. The van der Waals surface area contributed by atoms with Gasteiger partial charge in [0.15, 0.2) is 0 Å². The number of rotatable bonds is 7. The highest BCUT2D eigenvalue weighted by atomic mass is 32.2. The standard InChI is InChI=1S/C17H16F3NO4S2/c1-2-25-16(22)13-5-3-12(4-6-13)11-21-27(23,24)15-9-7-14(8-10-15)26-17(18,19)20/h3-10,21H,2,11H2,1H3. The Morgan fingerprint density at radius 2 is 1.67 bits per heavy atom. The van der Waals surface area contributed by atoms with E-state index in [1.54, 1.807) is 19.1 Å². The van der Waals surface area contributed by atoms with E-state index in [1.807, 2.05) is 0 Å². The van der Waals surface area contributed by atoms with Crippen LogP contribution in [0.1, 0.15) is 22.8 Å². The van der Waals surface area contributed by atoms with E-state index in [2.05, 4.69) is 4.72 Å². The molecule has 0 saturated heterocycles. The van der Waals surface area contributed by atoms with Crippen molar-refractivity contribution in [3.8, 4) is 0 Å². The summed E-state index contributed by atoms with van der Waals surface area (Å²) in [6.07, 6.45) is 0. The van der Waals surface area contributed by atoms with Gasteiger partial charge in [0.1, 0.15) is 0 Å². The van der Waals surface area contributed by atoms with Crippen LogP contribution in [0.3, 0.4) is 0 Å². The Labute approximate surface area is 159 Å². The van der Waals surface area contributed by atoms with Crippen LogP contribution in [0.25, 0.3) is 0 Å². The van der Waals surface area contributed by atoms with Gasteiger partial charge in [-0.25, -0.2) is 17.9 Å². The number of esters is 1. The molecule has 0 aliphatic carbocycles. The Hall–Kier alpha value is -2.04. The molecule has 2 aromatic carbocycles. The summed E-state index contributed by atoms with van der Waals surface area (Å²) in [7, 11) is -3.89. The van der Waals surface area contributed by atoms with Crippen molar-refractivity contribution in [2.75, 3.05) is 6.61 Å². The number of carbonyl (C=O) groups excluding carboxylic acids is 1. The molecule has 0 bridgehead atoms. The zero-order valence-corrected chi connectivity index (χ0v) is 15.7. The van der Waals surface area contributed by atoms with Gasteiger partial charge >= 0.3 is 11.5 Å². The smallest absolute Gasteiger partial charge is 0.446 e. The second-order valence-electron chi connectivity index (χ2n) is 5.26. The minimum atomic E-state index is -4.44. The largest absolute Gasteiger partial charge is 0.462 e. The van der Waals surface area contributed by atoms with Crippen LogP contribution < -0.4 is 4.72 Å². The van der Waals surface area contributed by atoms with Crippen molar-refractivity contribution in [1.29, 1.82) is 0 Å². The summed E-state index contributed by atoms with van der Waals surface area (Å²) in [6, 6.07) is 10.6. The molecule has 0 spiro atoms. The molecule has 0 aliphatic heterocycles. The molecule has 0 unspecified atom stereocenters. The van der Waals surface area contributed by atoms with Gasteiger partial charge in [-0.3, -0.25) is 0 Å². The monoisotopic (exact) mass is 419 g/mol. The van der Waals surface area contributed by atoms with Crippen LogP contribution in [0.2, 0.25) is 0 Å². The first-order valence-corrected chi connectivity index (χ1v) is 10.0. The van der Waals surface area contributed by atoms with Gasteiger partial charge < -0.3 is 4.74 Å². The number of benzene rings is 2. The van der Waals surface area contributed by atoms with E-state index in [4.69, 9.17) is 4.74 Å². The van der Waals surface area contributed by atoms with Crippen LogP contribution in [0.15, 0.2) is 58.3 Å². The molecule has 27 heavy (non-hydrogen) atoms. The third-order valence-corrected chi connectivity index (χ3v) is 5.46. The molecule has 2 aromatic rings. The lowest BCUT2D eigenvalue weighted by atomic mass is 10.1. The predicted molar refractivity (Wildman–Crippen MR) is 94.8 cm³/mol. The molecule has 0 heterocycles. The molecule has 0 saturated carbocycles. The summed E-state index contributed by atoms with van der Waals surface area (Å²) in [4.78, 5) is 11.3. The quantitative estimate of drug-likeness (QED) is 0.543.